The van der Waals surface area contributed by atoms with Gasteiger partial charge >= 0.3 is 0 Å². The van der Waals surface area contributed by atoms with Crippen LogP contribution >= 0.6 is 15.9 Å². The molecular formula is C23H18BrNO3. The molecule has 1 aliphatic rings. The van der Waals surface area contributed by atoms with Crippen LogP contribution in [0.5, 0.6) is 11.5 Å². The van der Waals surface area contributed by atoms with E-state index in [-0.39, 0.29) is 5.91 Å². The number of halogens is 1. The fraction of sp³-hybridized carbons (Fsp3) is 0.0870. The average molecular weight is 436 g/mol. The topological polar surface area (TPSA) is 47.6 Å². The first kappa shape index (κ1) is 18.3. The molecule has 4 rings (SSSR count). The van der Waals surface area contributed by atoms with E-state index in [0.717, 1.165) is 26.9 Å². The van der Waals surface area contributed by atoms with Crippen LogP contribution in [0.3, 0.4) is 0 Å². The minimum atomic E-state index is -0.130. The maximum absolute atomic E-state index is 12.5. The Morgan fingerprint density at radius 2 is 1.79 bits per heavy atom. The zero-order valence-corrected chi connectivity index (χ0v) is 16.8. The van der Waals surface area contributed by atoms with Gasteiger partial charge in [0.05, 0.1) is 7.11 Å². The van der Waals surface area contributed by atoms with Crippen molar-refractivity contribution in [3.05, 3.63) is 87.9 Å². The Kier molecular flexibility index (Phi) is 5.17. The van der Waals surface area contributed by atoms with Gasteiger partial charge in [-0.05, 0) is 29.8 Å². The van der Waals surface area contributed by atoms with Gasteiger partial charge in [-0.15, -0.1) is 0 Å². The molecule has 0 bridgehead atoms. The third-order valence-electron chi connectivity index (χ3n) is 4.50. The molecule has 0 unspecified atom stereocenters. The average Bonchev–Trinajstić information content (AvgIpc) is 3.03. The van der Waals surface area contributed by atoms with Crippen molar-refractivity contribution in [3.8, 4) is 11.5 Å². The number of para-hydroxylation sites is 1. The molecule has 0 radical (unpaired) electrons. The van der Waals surface area contributed by atoms with Gasteiger partial charge in [-0.25, -0.2) is 0 Å². The molecule has 0 saturated carbocycles. The SMILES string of the molecule is COc1cc(Br)cc(/C=C2/C(=O)Nc3ccccc32)c1OCc1ccccc1. The highest BCUT2D eigenvalue weighted by Gasteiger charge is 2.24. The molecule has 0 aliphatic carbocycles. The Morgan fingerprint density at radius 1 is 1.04 bits per heavy atom. The molecule has 0 atom stereocenters. The predicted molar refractivity (Wildman–Crippen MR) is 114 cm³/mol. The summed E-state index contributed by atoms with van der Waals surface area (Å²) in [5.41, 5.74) is 4.10. The smallest absolute Gasteiger partial charge is 0.256 e. The first-order valence-corrected chi connectivity index (χ1v) is 9.61. The van der Waals surface area contributed by atoms with Crippen LogP contribution in [0.1, 0.15) is 16.7 Å². The van der Waals surface area contributed by atoms with Gasteiger partial charge in [0.15, 0.2) is 11.5 Å². The lowest BCUT2D eigenvalue weighted by Crippen LogP contribution is -2.04. The van der Waals surface area contributed by atoms with Crippen LogP contribution in [0.4, 0.5) is 5.69 Å². The first-order chi connectivity index (χ1) is 13.7. The van der Waals surface area contributed by atoms with Crippen molar-refractivity contribution in [1.82, 2.24) is 0 Å². The van der Waals surface area contributed by atoms with Gasteiger partial charge in [0.2, 0.25) is 0 Å². The van der Waals surface area contributed by atoms with Gasteiger partial charge in [-0.2, -0.15) is 0 Å². The minimum absolute atomic E-state index is 0.130. The number of rotatable bonds is 5. The second kappa shape index (κ2) is 7.90. The van der Waals surface area contributed by atoms with E-state index in [1.165, 1.54) is 0 Å². The standard InChI is InChI=1S/C23H18BrNO3/c1-27-21-13-17(24)11-16(22(21)28-14-15-7-3-2-4-8-15)12-19-18-9-5-6-10-20(18)25-23(19)26/h2-13H,14H2,1H3,(H,25,26)/b19-12+. The molecule has 0 saturated heterocycles. The monoisotopic (exact) mass is 435 g/mol. The summed E-state index contributed by atoms with van der Waals surface area (Å²) in [6.07, 6.45) is 1.84. The molecule has 1 aliphatic heterocycles. The summed E-state index contributed by atoms with van der Waals surface area (Å²) in [7, 11) is 1.60. The molecule has 1 amide bonds. The number of carbonyl (C=O) groups is 1. The molecule has 5 heteroatoms. The number of hydrogen-bond acceptors (Lipinski definition) is 3. The van der Waals surface area contributed by atoms with Gasteiger partial charge in [0.1, 0.15) is 6.61 Å². The van der Waals surface area contributed by atoms with Crippen LogP contribution in [0.15, 0.2) is 71.2 Å². The van der Waals surface area contributed by atoms with Crippen molar-refractivity contribution < 1.29 is 14.3 Å². The molecule has 3 aromatic carbocycles. The molecule has 1 N–H and O–H groups in total. The summed E-state index contributed by atoms with van der Waals surface area (Å²) < 4.78 is 12.5. The Bertz CT molecular complexity index is 1060. The van der Waals surface area contributed by atoms with E-state index in [1.807, 2.05) is 72.8 Å². The lowest BCUT2D eigenvalue weighted by atomic mass is 10.0. The highest BCUT2D eigenvalue weighted by atomic mass is 79.9. The number of nitrogens with one attached hydrogen (secondary N) is 1. The van der Waals surface area contributed by atoms with E-state index >= 15 is 0 Å². The molecule has 0 aromatic heterocycles. The number of methoxy groups -OCH3 is 1. The zero-order chi connectivity index (χ0) is 19.5. The second-order valence-electron chi connectivity index (χ2n) is 6.36. The van der Waals surface area contributed by atoms with Gasteiger partial charge in [-0.3, -0.25) is 4.79 Å². The van der Waals surface area contributed by atoms with Crippen LogP contribution < -0.4 is 14.8 Å². The number of hydrogen-bond donors (Lipinski definition) is 1. The third-order valence-corrected chi connectivity index (χ3v) is 4.96. The van der Waals surface area contributed by atoms with Crippen LogP contribution in [-0.4, -0.2) is 13.0 Å². The van der Waals surface area contributed by atoms with Crippen molar-refractivity contribution in [2.24, 2.45) is 0 Å². The predicted octanol–water partition coefficient (Wildman–Crippen LogP) is 5.53. The molecule has 1 heterocycles. The summed E-state index contributed by atoms with van der Waals surface area (Å²) >= 11 is 3.51. The summed E-state index contributed by atoms with van der Waals surface area (Å²) in [5, 5.41) is 2.90. The number of amides is 1. The fourth-order valence-corrected chi connectivity index (χ4v) is 3.62. The van der Waals surface area contributed by atoms with Crippen LogP contribution in [-0.2, 0) is 11.4 Å². The van der Waals surface area contributed by atoms with Gasteiger partial charge in [0, 0.05) is 26.9 Å². The van der Waals surface area contributed by atoms with Gasteiger partial charge in [0.25, 0.3) is 5.91 Å². The van der Waals surface area contributed by atoms with Crippen molar-refractivity contribution >= 4 is 39.2 Å². The summed E-state index contributed by atoms with van der Waals surface area (Å²) in [6.45, 7) is 0.401. The van der Waals surface area contributed by atoms with Crippen molar-refractivity contribution in [1.29, 1.82) is 0 Å². The summed E-state index contributed by atoms with van der Waals surface area (Å²) in [6, 6.07) is 21.3. The molecule has 0 spiro atoms. The molecule has 140 valence electrons. The molecule has 28 heavy (non-hydrogen) atoms. The Labute approximate surface area is 171 Å². The molecule has 3 aromatic rings. The van der Waals surface area contributed by atoms with Crippen molar-refractivity contribution in [2.45, 2.75) is 6.61 Å². The lowest BCUT2D eigenvalue weighted by molar-refractivity contribution is -0.110. The number of ether oxygens (including phenoxy) is 2. The van der Waals surface area contributed by atoms with Crippen molar-refractivity contribution in [3.63, 3.8) is 0 Å². The van der Waals surface area contributed by atoms with Crippen LogP contribution in [0.25, 0.3) is 11.6 Å². The number of anilines is 1. The largest absolute Gasteiger partial charge is 0.493 e. The van der Waals surface area contributed by atoms with E-state index in [9.17, 15) is 4.79 Å². The Balaban J connectivity index is 1.76. The second-order valence-corrected chi connectivity index (χ2v) is 7.27. The van der Waals surface area contributed by atoms with E-state index in [2.05, 4.69) is 21.2 Å². The molecule has 0 fully saturated rings. The van der Waals surface area contributed by atoms with Gasteiger partial charge < -0.3 is 14.8 Å². The first-order valence-electron chi connectivity index (χ1n) is 8.82. The van der Waals surface area contributed by atoms with E-state index in [1.54, 1.807) is 7.11 Å². The normalized spacial score (nSPS) is 13.9. The fourth-order valence-electron chi connectivity index (χ4n) is 3.17. The number of carbonyl (C=O) groups excluding carboxylic acids is 1. The number of benzene rings is 3. The van der Waals surface area contributed by atoms with Gasteiger partial charge in [-0.1, -0.05) is 64.5 Å². The zero-order valence-electron chi connectivity index (χ0n) is 15.2. The molecular weight excluding hydrogens is 418 g/mol. The molecule has 4 nitrogen and oxygen atoms in total. The quantitative estimate of drug-likeness (QED) is 0.535. The minimum Gasteiger partial charge on any atom is -0.493 e. The van der Waals surface area contributed by atoms with Crippen LogP contribution in [0.2, 0.25) is 0 Å². The van der Waals surface area contributed by atoms with Crippen LogP contribution in [0, 0.1) is 0 Å². The highest BCUT2D eigenvalue weighted by molar-refractivity contribution is 9.10. The summed E-state index contributed by atoms with van der Waals surface area (Å²) in [4.78, 5) is 12.5. The summed E-state index contributed by atoms with van der Waals surface area (Å²) in [5.74, 6) is 1.07. The van der Waals surface area contributed by atoms with Crippen molar-refractivity contribution in [2.75, 3.05) is 12.4 Å². The lowest BCUT2D eigenvalue weighted by Gasteiger charge is -2.15. The van der Waals surface area contributed by atoms with E-state index in [0.29, 0.717) is 23.7 Å². The third kappa shape index (κ3) is 3.66. The van der Waals surface area contributed by atoms with E-state index in [4.69, 9.17) is 9.47 Å². The Hall–Kier alpha value is -3.05. The maximum atomic E-state index is 12.5. The van der Waals surface area contributed by atoms with E-state index < -0.39 is 0 Å². The number of fused-ring (bicyclic) bond motifs is 1. The Morgan fingerprint density at radius 3 is 2.57 bits per heavy atom. The maximum Gasteiger partial charge on any atom is 0.256 e. The highest BCUT2D eigenvalue weighted by Crippen LogP contribution is 2.39.